The number of hydrogen-bond donors (Lipinski definition) is 0. The highest BCUT2D eigenvalue weighted by molar-refractivity contribution is 7.21. The predicted molar refractivity (Wildman–Crippen MR) is 104 cm³/mol. The van der Waals surface area contributed by atoms with Gasteiger partial charge in [-0.05, 0) is 29.3 Å². The van der Waals surface area contributed by atoms with Gasteiger partial charge in [-0.1, -0.05) is 49.4 Å². The largest absolute Gasteiger partial charge is 0.292 e. The second kappa shape index (κ2) is 6.84. The average molecular weight is 364 g/mol. The van der Waals surface area contributed by atoms with Gasteiger partial charge in [0.1, 0.15) is 16.5 Å². The molecule has 130 valence electrons. The standard InChI is InChI=1S/C21H17FN2OS/c1-2-19-23-20-17(12-18(26-20)15-8-4-3-5-9-15)21(25)24(19)13-14-7-6-10-16(22)11-14/h3-12H,2,13H2,1H3. The Morgan fingerprint density at radius 1 is 1.08 bits per heavy atom. The van der Waals surface area contributed by atoms with Gasteiger partial charge < -0.3 is 0 Å². The number of rotatable bonds is 4. The Morgan fingerprint density at radius 2 is 1.88 bits per heavy atom. The summed E-state index contributed by atoms with van der Waals surface area (Å²) in [5.41, 5.74) is 1.75. The molecule has 0 unspecified atom stereocenters. The third-order valence-corrected chi connectivity index (χ3v) is 5.41. The first-order valence-electron chi connectivity index (χ1n) is 8.49. The van der Waals surface area contributed by atoms with Crippen molar-refractivity contribution in [2.24, 2.45) is 0 Å². The summed E-state index contributed by atoms with van der Waals surface area (Å²) < 4.78 is 15.1. The van der Waals surface area contributed by atoms with Crippen LogP contribution in [0.25, 0.3) is 20.7 Å². The monoisotopic (exact) mass is 364 g/mol. The molecule has 0 saturated heterocycles. The van der Waals surface area contributed by atoms with E-state index in [4.69, 9.17) is 4.98 Å². The SMILES string of the molecule is CCc1nc2sc(-c3ccccc3)cc2c(=O)n1Cc1cccc(F)c1. The zero-order chi connectivity index (χ0) is 18.1. The van der Waals surface area contributed by atoms with Crippen LogP contribution in [0, 0.1) is 5.82 Å². The molecule has 4 aromatic rings. The van der Waals surface area contributed by atoms with Crippen molar-refractivity contribution in [3.63, 3.8) is 0 Å². The molecule has 0 saturated carbocycles. The number of halogens is 1. The smallest absolute Gasteiger partial charge is 0.262 e. The third kappa shape index (κ3) is 3.06. The minimum absolute atomic E-state index is 0.0745. The van der Waals surface area contributed by atoms with E-state index in [-0.39, 0.29) is 11.4 Å². The van der Waals surface area contributed by atoms with Crippen LogP contribution < -0.4 is 5.56 Å². The first-order valence-corrected chi connectivity index (χ1v) is 9.30. The molecule has 0 aliphatic rings. The minimum Gasteiger partial charge on any atom is -0.292 e. The summed E-state index contributed by atoms with van der Waals surface area (Å²) in [6, 6.07) is 18.2. The zero-order valence-electron chi connectivity index (χ0n) is 14.3. The van der Waals surface area contributed by atoms with Gasteiger partial charge in [0.2, 0.25) is 0 Å². The highest BCUT2D eigenvalue weighted by Gasteiger charge is 2.14. The summed E-state index contributed by atoms with van der Waals surface area (Å²) in [5.74, 6) is 0.415. The molecule has 0 aliphatic carbocycles. The van der Waals surface area contributed by atoms with E-state index in [1.807, 2.05) is 49.4 Å². The molecule has 3 nitrogen and oxygen atoms in total. The van der Waals surface area contributed by atoms with Gasteiger partial charge in [-0.25, -0.2) is 9.37 Å². The maximum absolute atomic E-state index is 13.5. The van der Waals surface area contributed by atoms with Crippen LogP contribution in [0.5, 0.6) is 0 Å². The van der Waals surface area contributed by atoms with Crippen molar-refractivity contribution in [1.29, 1.82) is 0 Å². The Hall–Kier alpha value is -2.79. The molecule has 4 rings (SSSR count). The summed E-state index contributed by atoms with van der Waals surface area (Å²) in [6.45, 7) is 2.29. The molecule has 0 atom stereocenters. The molecule has 2 aromatic heterocycles. The molecule has 5 heteroatoms. The molecule has 26 heavy (non-hydrogen) atoms. The first-order chi connectivity index (χ1) is 12.7. The Bertz CT molecular complexity index is 1130. The lowest BCUT2D eigenvalue weighted by Gasteiger charge is -2.11. The lowest BCUT2D eigenvalue weighted by molar-refractivity contribution is 0.620. The van der Waals surface area contributed by atoms with E-state index in [1.165, 1.54) is 23.5 Å². The zero-order valence-corrected chi connectivity index (χ0v) is 15.1. The normalized spacial score (nSPS) is 11.2. The van der Waals surface area contributed by atoms with E-state index in [0.717, 1.165) is 20.8 Å². The number of benzene rings is 2. The van der Waals surface area contributed by atoms with Crippen molar-refractivity contribution in [1.82, 2.24) is 9.55 Å². The summed E-state index contributed by atoms with van der Waals surface area (Å²) in [4.78, 5) is 19.6. The predicted octanol–water partition coefficient (Wildman–Crippen LogP) is 4.87. The minimum atomic E-state index is -0.301. The van der Waals surface area contributed by atoms with Crippen molar-refractivity contribution < 1.29 is 4.39 Å². The van der Waals surface area contributed by atoms with E-state index < -0.39 is 0 Å². The van der Waals surface area contributed by atoms with Crippen LogP contribution in [-0.2, 0) is 13.0 Å². The number of hydrogen-bond acceptors (Lipinski definition) is 3. The second-order valence-electron chi connectivity index (χ2n) is 6.10. The van der Waals surface area contributed by atoms with Crippen molar-refractivity contribution in [2.75, 3.05) is 0 Å². The van der Waals surface area contributed by atoms with E-state index >= 15 is 0 Å². The fraction of sp³-hybridized carbons (Fsp3) is 0.143. The summed E-state index contributed by atoms with van der Waals surface area (Å²) in [7, 11) is 0. The van der Waals surface area contributed by atoms with Crippen LogP contribution >= 0.6 is 11.3 Å². The van der Waals surface area contributed by atoms with Gasteiger partial charge in [-0.3, -0.25) is 9.36 Å². The molecule has 0 aliphatic heterocycles. The van der Waals surface area contributed by atoms with Crippen molar-refractivity contribution in [2.45, 2.75) is 19.9 Å². The van der Waals surface area contributed by atoms with E-state index in [2.05, 4.69) is 0 Å². The molecule has 0 N–H and O–H groups in total. The van der Waals surface area contributed by atoms with Gasteiger partial charge in [0, 0.05) is 11.3 Å². The lowest BCUT2D eigenvalue weighted by atomic mass is 10.2. The Balaban J connectivity index is 1.85. The van der Waals surface area contributed by atoms with E-state index in [0.29, 0.717) is 24.2 Å². The van der Waals surface area contributed by atoms with Crippen molar-refractivity contribution >= 4 is 21.6 Å². The van der Waals surface area contributed by atoms with Gasteiger partial charge in [0.25, 0.3) is 5.56 Å². The number of aromatic nitrogens is 2. The number of thiophene rings is 1. The van der Waals surface area contributed by atoms with Crippen molar-refractivity contribution in [3.8, 4) is 10.4 Å². The Kier molecular flexibility index (Phi) is 4.39. The van der Waals surface area contributed by atoms with Crippen LogP contribution in [0.1, 0.15) is 18.3 Å². The highest BCUT2D eigenvalue weighted by Crippen LogP contribution is 2.31. The van der Waals surface area contributed by atoms with E-state index in [1.54, 1.807) is 10.6 Å². The van der Waals surface area contributed by atoms with Gasteiger partial charge in [-0.15, -0.1) is 11.3 Å². The lowest BCUT2D eigenvalue weighted by Crippen LogP contribution is -2.25. The first kappa shape index (κ1) is 16.7. The molecule has 0 spiro atoms. The average Bonchev–Trinajstić information content (AvgIpc) is 3.09. The van der Waals surface area contributed by atoms with Crippen LogP contribution in [0.15, 0.2) is 65.5 Å². The van der Waals surface area contributed by atoms with Gasteiger partial charge in [0.15, 0.2) is 0 Å². The summed E-state index contributed by atoms with van der Waals surface area (Å²) in [6.07, 6.45) is 0.638. The molecular weight excluding hydrogens is 347 g/mol. The fourth-order valence-corrected chi connectivity index (χ4v) is 4.10. The van der Waals surface area contributed by atoms with Gasteiger partial charge in [-0.2, -0.15) is 0 Å². The van der Waals surface area contributed by atoms with Crippen LogP contribution in [0.2, 0.25) is 0 Å². The highest BCUT2D eigenvalue weighted by atomic mass is 32.1. The second-order valence-corrected chi connectivity index (χ2v) is 7.13. The summed E-state index contributed by atoms with van der Waals surface area (Å²) >= 11 is 1.53. The maximum atomic E-state index is 13.5. The molecule has 0 fully saturated rings. The molecule has 2 aromatic carbocycles. The Labute approximate surface area is 154 Å². The number of fused-ring (bicyclic) bond motifs is 1. The maximum Gasteiger partial charge on any atom is 0.262 e. The summed E-state index contributed by atoms with van der Waals surface area (Å²) in [5, 5.41) is 0.613. The van der Waals surface area contributed by atoms with Crippen LogP contribution in [0.4, 0.5) is 4.39 Å². The Morgan fingerprint density at radius 3 is 2.62 bits per heavy atom. The molecule has 0 bridgehead atoms. The van der Waals surface area contributed by atoms with Crippen molar-refractivity contribution in [3.05, 3.63) is 88.2 Å². The van der Waals surface area contributed by atoms with Crippen LogP contribution in [-0.4, -0.2) is 9.55 Å². The molecular formula is C21H17FN2OS. The molecule has 2 heterocycles. The van der Waals surface area contributed by atoms with E-state index in [9.17, 15) is 9.18 Å². The van der Waals surface area contributed by atoms with Gasteiger partial charge in [0.05, 0.1) is 11.9 Å². The van der Waals surface area contributed by atoms with Gasteiger partial charge >= 0.3 is 0 Å². The quantitative estimate of drug-likeness (QED) is 0.517. The number of aryl methyl sites for hydroxylation is 1. The molecule has 0 amide bonds. The van der Waals surface area contributed by atoms with Crippen LogP contribution in [0.3, 0.4) is 0 Å². The topological polar surface area (TPSA) is 34.9 Å². The number of nitrogens with zero attached hydrogens (tertiary/aromatic N) is 2. The molecule has 0 radical (unpaired) electrons. The fourth-order valence-electron chi connectivity index (χ4n) is 3.05. The third-order valence-electron chi connectivity index (χ3n) is 4.33.